The number of nitrogens with zero attached hydrogens (tertiary/aromatic N) is 2. The monoisotopic (exact) mass is 415 g/mol. The minimum absolute atomic E-state index is 0.125. The Bertz CT molecular complexity index is 1100. The molecule has 7 heteroatoms. The Hall–Kier alpha value is -4.00. The van der Waals surface area contributed by atoms with E-state index in [1.165, 1.54) is 6.07 Å². The number of nitro groups is 1. The van der Waals surface area contributed by atoms with Gasteiger partial charge in [0, 0.05) is 18.9 Å². The van der Waals surface area contributed by atoms with Crippen LogP contribution in [-0.2, 0) is 16.0 Å². The van der Waals surface area contributed by atoms with Crippen molar-refractivity contribution in [3.8, 4) is 0 Å². The highest BCUT2D eigenvalue weighted by Crippen LogP contribution is 2.34. The average molecular weight is 415 g/mol. The van der Waals surface area contributed by atoms with E-state index in [9.17, 15) is 19.7 Å². The minimum Gasteiger partial charge on any atom is -0.372 e. The maximum Gasteiger partial charge on any atom is 0.294 e. The molecule has 4 rings (SSSR count). The molecule has 0 aliphatic carbocycles. The molecule has 3 aromatic carbocycles. The molecule has 1 saturated heterocycles. The van der Waals surface area contributed by atoms with Gasteiger partial charge in [0.05, 0.1) is 16.7 Å². The fourth-order valence-electron chi connectivity index (χ4n) is 3.77. The van der Waals surface area contributed by atoms with Crippen molar-refractivity contribution >= 4 is 28.9 Å². The van der Waals surface area contributed by atoms with Crippen LogP contribution in [0.1, 0.15) is 30.0 Å². The van der Waals surface area contributed by atoms with Gasteiger partial charge in [-0.15, -0.1) is 0 Å². The van der Waals surface area contributed by atoms with E-state index in [0.717, 1.165) is 16.0 Å². The van der Waals surface area contributed by atoms with Gasteiger partial charge in [-0.05, 0) is 29.7 Å². The highest BCUT2D eigenvalue weighted by Gasteiger charge is 2.32. The predicted molar refractivity (Wildman–Crippen MR) is 118 cm³/mol. The van der Waals surface area contributed by atoms with Crippen molar-refractivity contribution in [1.29, 1.82) is 0 Å². The van der Waals surface area contributed by atoms with Crippen molar-refractivity contribution in [3.05, 3.63) is 100 Å². The van der Waals surface area contributed by atoms with Gasteiger partial charge in [0.2, 0.25) is 11.8 Å². The zero-order chi connectivity index (χ0) is 21.8. The molecule has 0 aromatic heterocycles. The highest BCUT2D eigenvalue weighted by molar-refractivity contribution is 6.20. The van der Waals surface area contributed by atoms with E-state index in [1.807, 2.05) is 60.7 Å². The van der Waals surface area contributed by atoms with Gasteiger partial charge < -0.3 is 5.32 Å². The number of hydrogen-bond acceptors (Lipinski definition) is 5. The summed E-state index contributed by atoms with van der Waals surface area (Å²) < 4.78 is 0. The van der Waals surface area contributed by atoms with Crippen molar-refractivity contribution in [2.24, 2.45) is 0 Å². The largest absolute Gasteiger partial charge is 0.372 e. The molecule has 7 nitrogen and oxygen atoms in total. The molecule has 0 spiro atoms. The number of nitrogens with one attached hydrogen (secondary N) is 1. The van der Waals surface area contributed by atoms with Gasteiger partial charge in [0.15, 0.2) is 0 Å². The molecular weight excluding hydrogens is 394 g/mol. The Kier molecular flexibility index (Phi) is 5.75. The number of amides is 2. The number of nitro benzene ring substituents is 1. The summed E-state index contributed by atoms with van der Waals surface area (Å²) in [6.45, 7) is 0. The van der Waals surface area contributed by atoms with Crippen LogP contribution < -0.4 is 10.2 Å². The van der Waals surface area contributed by atoms with E-state index in [-0.39, 0.29) is 42.1 Å². The summed E-state index contributed by atoms with van der Waals surface area (Å²) >= 11 is 0. The first-order chi connectivity index (χ1) is 15.0. The Morgan fingerprint density at radius 1 is 0.903 bits per heavy atom. The third kappa shape index (κ3) is 4.45. The van der Waals surface area contributed by atoms with E-state index in [4.69, 9.17) is 0 Å². The number of anilines is 2. The van der Waals surface area contributed by atoms with E-state index >= 15 is 0 Å². The van der Waals surface area contributed by atoms with Gasteiger partial charge in [-0.2, -0.15) is 0 Å². The van der Waals surface area contributed by atoms with Gasteiger partial charge in [0.1, 0.15) is 5.69 Å². The number of carbonyl (C=O) groups excluding carboxylic acids is 2. The summed E-state index contributed by atoms with van der Waals surface area (Å²) in [5.41, 5.74) is 2.46. The summed E-state index contributed by atoms with van der Waals surface area (Å²) in [6, 6.07) is 23.8. The van der Waals surface area contributed by atoms with E-state index in [2.05, 4.69) is 5.32 Å². The standard InChI is InChI=1S/C24H21N3O4/c28-23-13-14-24(29)26(23)19-11-12-20(22(16-19)27(30)31)25-21(18-9-5-2-6-10-18)15-17-7-3-1-4-8-17/h1-12,16,21,25H,13-15H2/t21-/m1/s1. The molecule has 156 valence electrons. The van der Waals surface area contributed by atoms with Crippen LogP contribution >= 0.6 is 0 Å². The molecule has 1 fully saturated rings. The molecule has 3 aromatic rings. The molecule has 1 atom stereocenters. The van der Waals surface area contributed by atoms with Crippen molar-refractivity contribution in [3.63, 3.8) is 0 Å². The van der Waals surface area contributed by atoms with Gasteiger partial charge in [-0.3, -0.25) is 24.6 Å². The van der Waals surface area contributed by atoms with E-state index in [1.54, 1.807) is 12.1 Å². The maximum absolute atomic E-state index is 12.0. The van der Waals surface area contributed by atoms with Crippen molar-refractivity contribution in [2.45, 2.75) is 25.3 Å². The van der Waals surface area contributed by atoms with Gasteiger partial charge in [0.25, 0.3) is 5.69 Å². The molecule has 31 heavy (non-hydrogen) atoms. The Labute approximate surface area is 179 Å². The first-order valence-corrected chi connectivity index (χ1v) is 10.0. The molecule has 0 radical (unpaired) electrons. The molecule has 1 heterocycles. The lowest BCUT2D eigenvalue weighted by atomic mass is 9.98. The topological polar surface area (TPSA) is 92.6 Å². The van der Waals surface area contributed by atoms with Crippen LogP contribution in [0.3, 0.4) is 0 Å². The van der Waals surface area contributed by atoms with Gasteiger partial charge in [-0.25, -0.2) is 0 Å². The Morgan fingerprint density at radius 2 is 1.52 bits per heavy atom. The van der Waals surface area contributed by atoms with Crippen LogP contribution in [0.5, 0.6) is 0 Å². The second-order valence-corrected chi connectivity index (χ2v) is 7.38. The first kappa shape index (κ1) is 20.3. The summed E-state index contributed by atoms with van der Waals surface area (Å²) in [7, 11) is 0. The molecular formula is C24H21N3O4. The number of imide groups is 1. The molecule has 1 aliphatic rings. The Morgan fingerprint density at radius 3 is 2.13 bits per heavy atom. The van der Waals surface area contributed by atoms with Gasteiger partial charge >= 0.3 is 0 Å². The second kappa shape index (κ2) is 8.79. The van der Waals surface area contributed by atoms with E-state index in [0.29, 0.717) is 12.1 Å². The quantitative estimate of drug-likeness (QED) is 0.345. The molecule has 2 amide bonds. The molecule has 0 unspecified atom stereocenters. The fraction of sp³-hybridized carbons (Fsp3) is 0.167. The number of carbonyl (C=O) groups is 2. The minimum atomic E-state index is -0.499. The van der Waals surface area contributed by atoms with Crippen LogP contribution in [0.15, 0.2) is 78.9 Å². The summed E-state index contributed by atoms with van der Waals surface area (Å²) in [4.78, 5) is 36.4. The van der Waals surface area contributed by atoms with Crippen molar-refractivity contribution < 1.29 is 14.5 Å². The summed E-state index contributed by atoms with van der Waals surface area (Å²) in [5, 5.41) is 15.1. The maximum atomic E-state index is 12.0. The third-order valence-electron chi connectivity index (χ3n) is 5.30. The van der Waals surface area contributed by atoms with Crippen molar-refractivity contribution in [2.75, 3.05) is 10.2 Å². The lowest BCUT2D eigenvalue weighted by Gasteiger charge is -2.21. The van der Waals surface area contributed by atoms with Crippen LogP contribution in [0, 0.1) is 10.1 Å². The average Bonchev–Trinajstić information content (AvgIpc) is 3.12. The molecule has 1 aliphatic heterocycles. The first-order valence-electron chi connectivity index (χ1n) is 10.0. The lowest BCUT2D eigenvalue weighted by Crippen LogP contribution is -2.28. The smallest absolute Gasteiger partial charge is 0.294 e. The molecule has 1 N–H and O–H groups in total. The summed E-state index contributed by atoms with van der Waals surface area (Å²) in [5.74, 6) is -0.683. The lowest BCUT2D eigenvalue weighted by molar-refractivity contribution is -0.383. The molecule has 0 bridgehead atoms. The van der Waals surface area contributed by atoms with Crippen LogP contribution in [-0.4, -0.2) is 16.7 Å². The SMILES string of the molecule is O=C1CCC(=O)N1c1ccc(N[C@H](Cc2ccccc2)c2ccccc2)c([N+](=O)[O-])c1. The van der Waals surface area contributed by atoms with Crippen LogP contribution in [0.4, 0.5) is 17.1 Å². The number of rotatable bonds is 7. The van der Waals surface area contributed by atoms with Crippen LogP contribution in [0.25, 0.3) is 0 Å². The normalized spacial score (nSPS) is 14.5. The van der Waals surface area contributed by atoms with Gasteiger partial charge in [-0.1, -0.05) is 60.7 Å². The second-order valence-electron chi connectivity index (χ2n) is 7.38. The zero-order valence-electron chi connectivity index (χ0n) is 16.7. The number of benzene rings is 3. The Balaban J connectivity index is 1.68. The summed E-state index contributed by atoms with van der Waals surface area (Å²) in [6.07, 6.45) is 0.881. The highest BCUT2D eigenvalue weighted by atomic mass is 16.6. The van der Waals surface area contributed by atoms with Crippen molar-refractivity contribution in [1.82, 2.24) is 0 Å². The number of hydrogen-bond donors (Lipinski definition) is 1. The van der Waals surface area contributed by atoms with Crippen LogP contribution in [0.2, 0.25) is 0 Å². The molecule has 0 saturated carbocycles. The third-order valence-corrected chi connectivity index (χ3v) is 5.30. The zero-order valence-corrected chi connectivity index (χ0v) is 16.7. The predicted octanol–water partition coefficient (Wildman–Crippen LogP) is 4.64. The fourth-order valence-corrected chi connectivity index (χ4v) is 3.77. The van der Waals surface area contributed by atoms with E-state index < -0.39 is 4.92 Å².